The third kappa shape index (κ3) is 4.78. The van der Waals surface area contributed by atoms with Crippen molar-refractivity contribution < 1.29 is 0 Å². The molecule has 0 amide bonds. The highest BCUT2D eigenvalue weighted by Crippen LogP contribution is 2.45. The smallest absolute Gasteiger partial charge is 0.00201 e. The molecule has 0 aliphatic carbocycles. The van der Waals surface area contributed by atoms with Gasteiger partial charge in [-0.1, -0.05) is 182 Å². The van der Waals surface area contributed by atoms with Crippen molar-refractivity contribution in [2.24, 2.45) is 0 Å². The molecule has 224 valence electrons. The van der Waals surface area contributed by atoms with Crippen molar-refractivity contribution in [3.63, 3.8) is 0 Å². The predicted molar refractivity (Wildman–Crippen MR) is 208 cm³/mol. The Morgan fingerprint density at radius 2 is 0.625 bits per heavy atom. The minimum atomic E-state index is 1.20. The fraction of sp³-hybridized carbons (Fsp3) is 0. The average Bonchev–Trinajstić information content (AvgIpc) is 3.15. The van der Waals surface area contributed by atoms with Gasteiger partial charge in [-0.2, -0.15) is 0 Å². The fourth-order valence-electron chi connectivity index (χ4n) is 7.48. The van der Waals surface area contributed by atoms with E-state index in [2.05, 4.69) is 194 Å². The van der Waals surface area contributed by atoms with Gasteiger partial charge in [-0.15, -0.1) is 0 Å². The summed E-state index contributed by atoms with van der Waals surface area (Å²) in [5.41, 5.74) is 7.49. The second kappa shape index (κ2) is 11.8. The van der Waals surface area contributed by atoms with Crippen LogP contribution in [0.4, 0.5) is 0 Å². The third-order valence-electron chi connectivity index (χ3n) is 9.66. The summed E-state index contributed by atoms with van der Waals surface area (Å²) in [6.45, 7) is 0. The Bertz CT molecular complexity index is 2670. The molecule has 0 nitrogen and oxygen atoms in total. The van der Waals surface area contributed by atoms with Gasteiger partial charge >= 0.3 is 0 Å². The van der Waals surface area contributed by atoms with Crippen molar-refractivity contribution in [1.82, 2.24) is 0 Å². The molecule has 9 aromatic rings. The van der Waals surface area contributed by atoms with E-state index in [0.717, 1.165) is 0 Å². The van der Waals surface area contributed by atoms with Crippen molar-refractivity contribution in [3.05, 3.63) is 194 Å². The maximum Gasteiger partial charge on any atom is -0.00201 e. The molecule has 0 aliphatic heterocycles. The molecule has 9 aromatic carbocycles. The molecule has 0 N–H and O–H groups in total. The maximum atomic E-state index is 2.38. The van der Waals surface area contributed by atoms with Crippen LogP contribution in [0.5, 0.6) is 0 Å². The number of hydrogen-bond donors (Lipinski definition) is 0. The van der Waals surface area contributed by atoms with E-state index >= 15 is 0 Å². The van der Waals surface area contributed by atoms with Crippen LogP contribution >= 0.6 is 0 Å². The largest absolute Gasteiger partial charge is 0.0623 e. The quantitative estimate of drug-likeness (QED) is 0.175. The lowest BCUT2D eigenvalue weighted by Crippen LogP contribution is -1.91. The Morgan fingerprint density at radius 1 is 0.208 bits per heavy atom. The van der Waals surface area contributed by atoms with Gasteiger partial charge in [0.05, 0.1) is 0 Å². The van der Waals surface area contributed by atoms with Crippen molar-refractivity contribution in [3.8, 4) is 33.4 Å². The third-order valence-corrected chi connectivity index (χ3v) is 9.66. The van der Waals surface area contributed by atoms with E-state index in [1.807, 2.05) is 0 Å². The van der Waals surface area contributed by atoms with Crippen LogP contribution in [0, 0.1) is 0 Å². The van der Waals surface area contributed by atoms with Crippen LogP contribution in [0.2, 0.25) is 0 Å². The lowest BCUT2D eigenvalue weighted by Gasteiger charge is -2.19. The Balaban J connectivity index is 1.30. The monoisotopic (exact) mass is 608 g/mol. The Hall–Kier alpha value is -6.24. The normalized spacial score (nSPS) is 11.3. The van der Waals surface area contributed by atoms with Gasteiger partial charge in [0.1, 0.15) is 0 Å². The lowest BCUT2D eigenvalue weighted by molar-refractivity contribution is 1.67. The molecule has 0 heteroatoms. The molecular weight excluding hydrogens is 577 g/mol. The van der Waals surface area contributed by atoms with Crippen LogP contribution < -0.4 is 0 Å². The number of hydrogen-bond acceptors (Lipinski definition) is 0. The van der Waals surface area contributed by atoms with Crippen LogP contribution in [0.15, 0.2) is 194 Å². The Labute approximate surface area is 280 Å². The van der Waals surface area contributed by atoms with Crippen molar-refractivity contribution in [2.75, 3.05) is 0 Å². The van der Waals surface area contributed by atoms with Crippen molar-refractivity contribution in [1.29, 1.82) is 0 Å². The second-order valence-electron chi connectivity index (χ2n) is 12.4. The van der Waals surface area contributed by atoms with E-state index in [-0.39, 0.29) is 0 Å². The van der Waals surface area contributed by atoms with Gasteiger partial charge in [-0.25, -0.2) is 0 Å². The Morgan fingerprint density at radius 3 is 1.27 bits per heavy atom. The van der Waals surface area contributed by atoms with E-state index in [1.54, 1.807) is 0 Å². The first-order chi connectivity index (χ1) is 23.8. The number of rotatable bonds is 3. The van der Waals surface area contributed by atoms with E-state index < -0.39 is 0 Å². The standard InChI is InChI=1S/C48H32/c1-2-4-15-34-16-6-8-20-39(34)41(19-5-3-1)36-29-27-33-28-30-37(32-38(33)31-36)47-43-22-10-12-24-45(43)48(46-25-13-11-23-44(46)47)42-26-14-18-35-17-7-9-21-40(35)42/h1-32H. The summed E-state index contributed by atoms with van der Waals surface area (Å²) in [5, 5.41) is 12.5. The lowest BCUT2D eigenvalue weighted by atomic mass is 9.84. The molecule has 0 radical (unpaired) electrons. The van der Waals surface area contributed by atoms with E-state index in [4.69, 9.17) is 0 Å². The van der Waals surface area contributed by atoms with E-state index in [1.165, 1.54) is 87.2 Å². The highest BCUT2D eigenvalue weighted by Gasteiger charge is 2.18. The van der Waals surface area contributed by atoms with Gasteiger partial charge in [0.15, 0.2) is 0 Å². The summed E-state index contributed by atoms with van der Waals surface area (Å²) < 4.78 is 0. The first kappa shape index (κ1) is 28.0. The Kier molecular flexibility index (Phi) is 6.91. The molecule has 0 spiro atoms. The highest BCUT2D eigenvalue weighted by atomic mass is 14.2. The average molecular weight is 609 g/mol. The van der Waals surface area contributed by atoms with E-state index in [0.29, 0.717) is 0 Å². The fourth-order valence-corrected chi connectivity index (χ4v) is 7.48. The molecule has 0 bridgehead atoms. The van der Waals surface area contributed by atoms with Gasteiger partial charge in [-0.05, 0) is 99.4 Å². The first-order valence-electron chi connectivity index (χ1n) is 16.6. The van der Waals surface area contributed by atoms with E-state index in [9.17, 15) is 0 Å². The summed E-state index contributed by atoms with van der Waals surface area (Å²) in [6.07, 6.45) is 0. The zero-order chi connectivity index (χ0) is 31.9. The minimum Gasteiger partial charge on any atom is -0.0623 e. The minimum absolute atomic E-state index is 1.20. The summed E-state index contributed by atoms with van der Waals surface area (Å²) in [6, 6.07) is 70.7. The van der Waals surface area contributed by atoms with Crippen molar-refractivity contribution in [2.45, 2.75) is 0 Å². The highest BCUT2D eigenvalue weighted by molar-refractivity contribution is 6.23. The van der Waals surface area contributed by atoms with Crippen LogP contribution in [0.1, 0.15) is 0 Å². The van der Waals surface area contributed by atoms with Gasteiger partial charge in [0.2, 0.25) is 0 Å². The maximum absolute atomic E-state index is 2.38. The van der Waals surface area contributed by atoms with Crippen LogP contribution in [0.25, 0.3) is 87.2 Å². The molecule has 9 rings (SSSR count). The summed E-state index contributed by atoms with van der Waals surface area (Å²) in [4.78, 5) is 0. The molecule has 0 saturated heterocycles. The van der Waals surface area contributed by atoms with Gasteiger partial charge < -0.3 is 0 Å². The molecule has 0 aromatic heterocycles. The number of fused-ring (bicyclic) bond motifs is 5. The van der Waals surface area contributed by atoms with Crippen LogP contribution in [-0.2, 0) is 0 Å². The predicted octanol–water partition coefficient (Wildman–Crippen LogP) is 13.6. The molecule has 0 aliphatic rings. The molecule has 0 atom stereocenters. The van der Waals surface area contributed by atoms with Crippen LogP contribution in [0.3, 0.4) is 0 Å². The SMILES string of the molecule is c1cccc(-c2ccc3ccc(-c4c5ccccc5c(-c5cccc6ccccc56)c5ccccc45)cc3c2)c2ccccc2ccc1. The second-order valence-corrected chi connectivity index (χ2v) is 12.4. The molecular formula is C48H32. The zero-order valence-electron chi connectivity index (χ0n) is 26.5. The molecule has 0 heterocycles. The summed E-state index contributed by atoms with van der Waals surface area (Å²) in [7, 11) is 0. The van der Waals surface area contributed by atoms with Gasteiger partial charge in [-0.3, -0.25) is 0 Å². The zero-order valence-corrected chi connectivity index (χ0v) is 26.5. The topological polar surface area (TPSA) is 0 Å². The molecule has 48 heavy (non-hydrogen) atoms. The molecule has 0 unspecified atom stereocenters. The molecule has 0 saturated carbocycles. The number of benzene rings is 8. The summed E-state index contributed by atoms with van der Waals surface area (Å²) in [5.74, 6) is 0. The van der Waals surface area contributed by atoms with Crippen molar-refractivity contribution >= 4 is 53.9 Å². The van der Waals surface area contributed by atoms with Gasteiger partial charge in [0, 0.05) is 0 Å². The molecule has 0 fully saturated rings. The summed E-state index contributed by atoms with van der Waals surface area (Å²) >= 11 is 0. The first-order valence-corrected chi connectivity index (χ1v) is 16.6. The van der Waals surface area contributed by atoms with Crippen LogP contribution in [-0.4, -0.2) is 0 Å². The van der Waals surface area contributed by atoms with Gasteiger partial charge in [0.25, 0.3) is 0 Å².